The van der Waals surface area contributed by atoms with E-state index in [2.05, 4.69) is 6.08 Å². The molecule has 3 heteroatoms. The quantitative estimate of drug-likeness (QED) is 0.346. The van der Waals surface area contributed by atoms with Crippen molar-refractivity contribution in [2.24, 2.45) is 0 Å². The van der Waals surface area contributed by atoms with E-state index in [1.54, 1.807) is 0 Å². The zero-order chi connectivity index (χ0) is 4.99. The van der Waals surface area contributed by atoms with Gasteiger partial charge in [-0.05, 0) is 6.92 Å². The topological polar surface area (TPSA) is 43.1 Å². The third kappa shape index (κ3) is 3.14. The summed E-state index contributed by atoms with van der Waals surface area (Å²) >= 11 is 0. The Labute approximate surface area is 35.4 Å². The Hall–Kier alpha value is -0.860. The summed E-state index contributed by atoms with van der Waals surface area (Å²) in [4.78, 5) is 8.73. The standard InChI is InChI=1S/C3H4NO2/c1-2-3-4(5)6/h3H,1H3. The lowest BCUT2D eigenvalue weighted by Gasteiger charge is -1.68. The van der Waals surface area contributed by atoms with Gasteiger partial charge < -0.3 is 0 Å². The molecule has 0 aliphatic heterocycles. The van der Waals surface area contributed by atoms with Crippen LogP contribution < -0.4 is 0 Å². The number of nitrogens with zero attached hydrogens (tertiary/aromatic N) is 1. The fourth-order valence-corrected chi connectivity index (χ4v) is 0.105. The van der Waals surface area contributed by atoms with Crippen LogP contribution >= 0.6 is 0 Å². The summed E-state index contributed by atoms with van der Waals surface area (Å²) in [6, 6.07) is 0. The van der Waals surface area contributed by atoms with Crippen LogP contribution in [-0.2, 0) is 0 Å². The van der Waals surface area contributed by atoms with Crippen molar-refractivity contribution in [3.8, 4) is 0 Å². The third-order valence-corrected chi connectivity index (χ3v) is 0.235. The molecule has 0 amide bonds. The summed E-state index contributed by atoms with van der Waals surface area (Å²) < 4.78 is 0. The van der Waals surface area contributed by atoms with E-state index < -0.39 is 4.92 Å². The van der Waals surface area contributed by atoms with E-state index in [0.29, 0.717) is 0 Å². The molecule has 0 aromatic heterocycles. The summed E-state index contributed by atoms with van der Waals surface area (Å²) in [6.07, 6.45) is 3.01. The molecule has 1 radical (unpaired) electrons. The smallest absolute Gasteiger partial charge is 0.237 e. The first-order chi connectivity index (χ1) is 2.77. The predicted octanol–water partition coefficient (Wildman–Crippen LogP) is 0.600. The van der Waals surface area contributed by atoms with Crippen LogP contribution in [0.15, 0.2) is 6.20 Å². The van der Waals surface area contributed by atoms with Gasteiger partial charge in [0.05, 0.1) is 4.92 Å². The highest BCUT2D eigenvalue weighted by molar-refractivity contribution is 4.51. The van der Waals surface area contributed by atoms with Crippen LogP contribution in [0.4, 0.5) is 0 Å². The molecule has 6 heavy (non-hydrogen) atoms. The summed E-state index contributed by atoms with van der Waals surface area (Å²) in [6.45, 7) is 1.48. The molecule has 0 N–H and O–H groups in total. The first-order valence-corrected chi connectivity index (χ1v) is 1.41. The molecule has 0 saturated heterocycles. The maximum Gasteiger partial charge on any atom is 0.237 e. The average Bonchev–Trinajstić information content (AvgIpc) is 1.35. The molecule has 0 fully saturated rings. The Morgan fingerprint density at radius 3 is 2.50 bits per heavy atom. The molecule has 0 bridgehead atoms. The summed E-state index contributed by atoms with van der Waals surface area (Å²) in [5.41, 5.74) is 0. The van der Waals surface area contributed by atoms with Gasteiger partial charge in [0.15, 0.2) is 0 Å². The SMILES string of the molecule is C/[C]=C/[N+](=O)[O-]. The first kappa shape index (κ1) is 5.14. The molecule has 0 rings (SSSR count). The number of hydrogen-bond donors (Lipinski definition) is 0. The monoisotopic (exact) mass is 86.0 g/mol. The Morgan fingerprint density at radius 1 is 2.00 bits per heavy atom. The van der Waals surface area contributed by atoms with E-state index in [1.165, 1.54) is 6.92 Å². The number of nitro groups is 1. The Bertz CT molecular complexity index is 76.9. The Morgan fingerprint density at radius 2 is 2.50 bits per heavy atom. The van der Waals surface area contributed by atoms with Gasteiger partial charge in [-0.15, -0.1) is 0 Å². The average molecular weight is 86.1 g/mol. The normalized spacial score (nSPS) is 9.50. The summed E-state index contributed by atoms with van der Waals surface area (Å²) in [5.74, 6) is 0. The van der Waals surface area contributed by atoms with Gasteiger partial charge in [0.1, 0.15) is 0 Å². The van der Waals surface area contributed by atoms with Gasteiger partial charge in [-0.3, -0.25) is 10.1 Å². The highest BCUT2D eigenvalue weighted by Crippen LogP contribution is 1.65. The van der Waals surface area contributed by atoms with Crippen LogP contribution in [0, 0.1) is 16.2 Å². The van der Waals surface area contributed by atoms with Gasteiger partial charge in [0.2, 0.25) is 6.20 Å². The van der Waals surface area contributed by atoms with Crippen molar-refractivity contribution < 1.29 is 4.92 Å². The highest BCUT2D eigenvalue weighted by atomic mass is 16.6. The maximum atomic E-state index is 9.29. The fourth-order valence-electron chi connectivity index (χ4n) is 0.105. The minimum absolute atomic E-state index is 0.556. The molecule has 0 aromatic carbocycles. The zero-order valence-corrected chi connectivity index (χ0v) is 3.34. The molecule has 0 spiro atoms. The van der Waals surface area contributed by atoms with Gasteiger partial charge in [-0.1, -0.05) is 0 Å². The zero-order valence-electron chi connectivity index (χ0n) is 3.34. The summed E-state index contributed by atoms with van der Waals surface area (Å²) in [7, 11) is 0. The number of rotatable bonds is 1. The molecule has 0 aliphatic carbocycles. The molecule has 0 heterocycles. The Balaban J connectivity index is 3.30. The second-order valence-corrected chi connectivity index (χ2v) is 0.703. The van der Waals surface area contributed by atoms with Crippen LogP contribution in [0.25, 0.3) is 0 Å². The number of hydrogen-bond acceptors (Lipinski definition) is 2. The lowest BCUT2D eigenvalue weighted by atomic mass is 10.7. The molecule has 33 valence electrons. The molecule has 3 nitrogen and oxygen atoms in total. The van der Waals surface area contributed by atoms with Crippen LogP contribution in [0.2, 0.25) is 0 Å². The molecular formula is C3H4NO2. The van der Waals surface area contributed by atoms with Gasteiger partial charge in [0.25, 0.3) is 0 Å². The van der Waals surface area contributed by atoms with Crippen molar-refractivity contribution in [1.82, 2.24) is 0 Å². The lowest BCUT2D eigenvalue weighted by molar-refractivity contribution is -0.403. The Kier molecular flexibility index (Phi) is 2.04. The minimum atomic E-state index is -0.556. The van der Waals surface area contributed by atoms with E-state index in [0.717, 1.165) is 6.20 Å². The molecule has 0 saturated carbocycles. The van der Waals surface area contributed by atoms with Crippen LogP contribution in [0.3, 0.4) is 0 Å². The van der Waals surface area contributed by atoms with Gasteiger partial charge in [-0.2, -0.15) is 0 Å². The number of allylic oxidation sites excluding steroid dienone is 1. The van der Waals surface area contributed by atoms with Gasteiger partial charge in [-0.25, -0.2) is 0 Å². The van der Waals surface area contributed by atoms with Crippen LogP contribution in [0.5, 0.6) is 0 Å². The second-order valence-electron chi connectivity index (χ2n) is 0.703. The molecule has 0 aliphatic rings. The maximum absolute atomic E-state index is 9.29. The molecular weight excluding hydrogens is 82.0 g/mol. The second kappa shape index (κ2) is 2.38. The predicted molar refractivity (Wildman–Crippen MR) is 20.5 cm³/mol. The lowest BCUT2D eigenvalue weighted by Crippen LogP contribution is -1.79. The van der Waals surface area contributed by atoms with E-state index in [9.17, 15) is 10.1 Å². The van der Waals surface area contributed by atoms with Crippen molar-refractivity contribution in [3.05, 3.63) is 22.4 Å². The van der Waals surface area contributed by atoms with E-state index in [-0.39, 0.29) is 0 Å². The fraction of sp³-hybridized carbons (Fsp3) is 0.333. The van der Waals surface area contributed by atoms with Crippen molar-refractivity contribution in [2.75, 3.05) is 0 Å². The van der Waals surface area contributed by atoms with Crippen LogP contribution in [-0.4, -0.2) is 4.92 Å². The van der Waals surface area contributed by atoms with E-state index >= 15 is 0 Å². The van der Waals surface area contributed by atoms with Crippen molar-refractivity contribution in [1.29, 1.82) is 0 Å². The van der Waals surface area contributed by atoms with Gasteiger partial charge >= 0.3 is 0 Å². The molecule has 0 atom stereocenters. The van der Waals surface area contributed by atoms with E-state index in [1.807, 2.05) is 0 Å². The molecule has 0 unspecified atom stereocenters. The summed E-state index contributed by atoms with van der Waals surface area (Å²) in [5, 5.41) is 9.29. The van der Waals surface area contributed by atoms with E-state index in [4.69, 9.17) is 0 Å². The van der Waals surface area contributed by atoms with Gasteiger partial charge in [0, 0.05) is 6.08 Å². The van der Waals surface area contributed by atoms with Crippen molar-refractivity contribution in [2.45, 2.75) is 6.92 Å². The highest BCUT2D eigenvalue weighted by Gasteiger charge is 1.74. The third-order valence-electron chi connectivity index (χ3n) is 0.235. The molecule has 0 aromatic rings. The van der Waals surface area contributed by atoms with Crippen LogP contribution in [0.1, 0.15) is 6.92 Å². The minimum Gasteiger partial charge on any atom is -0.259 e. The first-order valence-electron chi connectivity index (χ1n) is 1.41. The largest absolute Gasteiger partial charge is 0.259 e. The van der Waals surface area contributed by atoms with Crippen molar-refractivity contribution in [3.63, 3.8) is 0 Å². The van der Waals surface area contributed by atoms with Crippen molar-refractivity contribution >= 4 is 0 Å².